The second kappa shape index (κ2) is 9.15. The van der Waals surface area contributed by atoms with E-state index in [4.69, 9.17) is 9.72 Å². The monoisotopic (exact) mass is 600 g/mol. The Morgan fingerprint density at radius 2 is 1.00 bits per heavy atom. The Balaban J connectivity index is 1.26. The van der Waals surface area contributed by atoms with Gasteiger partial charge in [0.05, 0.1) is 27.6 Å². The van der Waals surface area contributed by atoms with Gasteiger partial charge in [0.2, 0.25) is 0 Å². The molecule has 0 N–H and O–H groups in total. The SMILES string of the molecule is c1ccc(N2c3cccc4c3B3c5c(cccc5N(c5cccc6c5c5ncccc5n6-c5ccccc5)c5cccc2c53)O4)cc1. The van der Waals surface area contributed by atoms with Gasteiger partial charge in [0.25, 0.3) is 6.71 Å². The largest absolute Gasteiger partial charge is 0.458 e. The van der Waals surface area contributed by atoms with Crippen LogP contribution in [0, 0.1) is 0 Å². The predicted octanol–water partition coefficient (Wildman–Crippen LogP) is 8.37. The van der Waals surface area contributed by atoms with E-state index in [0.717, 1.165) is 61.9 Å². The molecule has 5 nitrogen and oxygen atoms in total. The van der Waals surface area contributed by atoms with Crippen LogP contribution in [-0.2, 0) is 0 Å². The lowest BCUT2D eigenvalue weighted by atomic mass is 9.32. The molecule has 6 heteroatoms. The molecule has 8 aromatic rings. The molecule has 0 fully saturated rings. The van der Waals surface area contributed by atoms with Gasteiger partial charge in [-0.3, -0.25) is 4.98 Å². The number of hydrogen-bond acceptors (Lipinski definition) is 4. The van der Waals surface area contributed by atoms with Crippen molar-refractivity contribution >= 4 is 79.2 Å². The first-order chi connectivity index (χ1) is 23.4. The van der Waals surface area contributed by atoms with Crippen LogP contribution >= 0.6 is 0 Å². The van der Waals surface area contributed by atoms with Gasteiger partial charge in [0.1, 0.15) is 11.5 Å². The van der Waals surface area contributed by atoms with Gasteiger partial charge in [0, 0.05) is 40.3 Å². The van der Waals surface area contributed by atoms with Gasteiger partial charge in [-0.05, 0) is 101 Å². The van der Waals surface area contributed by atoms with Crippen molar-refractivity contribution in [1.82, 2.24) is 9.55 Å². The van der Waals surface area contributed by atoms with Crippen molar-refractivity contribution in [2.45, 2.75) is 0 Å². The highest BCUT2D eigenvalue weighted by molar-refractivity contribution is 7.01. The average molecular weight is 600 g/mol. The third kappa shape index (κ3) is 3.21. The molecule has 0 radical (unpaired) electrons. The van der Waals surface area contributed by atoms with Crippen LogP contribution in [0.3, 0.4) is 0 Å². The zero-order valence-corrected chi connectivity index (χ0v) is 25.2. The van der Waals surface area contributed by atoms with Crippen molar-refractivity contribution in [3.05, 3.63) is 152 Å². The van der Waals surface area contributed by atoms with E-state index in [9.17, 15) is 0 Å². The number of benzene rings is 6. The number of rotatable bonds is 3. The van der Waals surface area contributed by atoms with E-state index in [1.54, 1.807) is 0 Å². The minimum Gasteiger partial charge on any atom is -0.458 e. The summed E-state index contributed by atoms with van der Waals surface area (Å²) in [6.45, 7) is 0.0477. The van der Waals surface area contributed by atoms with Gasteiger partial charge < -0.3 is 19.1 Å². The highest BCUT2D eigenvalue weighted by Crippen LogP contribution is 2.49. The molecule has 218 valence electrons. The van der Waals surface area contributed by atoms with Crippen molar-refractivity contribution in [1.29, 1.82) is 0 Å². The fourth-order valence-corrected chi connectivity index (χ4v) is 8.26. The minimum absolute atomic E-state index is 0.0477. The van der Waals surface area contributed by atoms with E-state index in [0.29, 0.717) is 0 Å². The maximum Gasteiger partial charge on any atom is 0.261 e. The summed E-state index contributed by atoms with van der Waals surface area (Å²) in [6, 6.07) is 51.8. The van der Waals surface area contributed by atoms with Crippen LogP contribution in [0.5, 0.6) is 11.5 Å². The number of para-hydroxylation sites is 2. The summed E-state index contributed by atoms with van der Waals surface area (Å²) in [6.07, 6.45) is 1.90. The molecule has 0 bridgehead atoms. The molecule has 0 saturated carbocycles. The van der Waals surface area contributed by atoms with Gasteiger partial charge in [0.15, 0.2) is 0 Å². The molecule has 3 aliphatic rings. The Morgan fingerprint density at radius 1 is 0.447 bits per heavy atom. The number of anilines is 6. The summed E-state index contributed by atoms with van der Waals surface area (Å²) in [4.78, 5) is 9.86. The molecule has 3 aliphatic heterocycles. The topological polar surface area (TPSA) is 33.5 Å². The summed E-state index contributed by atoms with van der Waals surface area (Å²) in [7, 11) is 0. The normalized spacial score (nSPS) is 13.6. The summed E-state index contributed by atoms with van der Waals surface area (Å²) < 4.78 is 9.10. The number of pyridine rings is 1. The van der Waals surface area contributed by atoms with Gasteiger partial charge >= 0.3 is 0 Å². The van der Waals surface area contributed by atoms with Gasteiger partial charge in [-0.2, -0.15) is 0 Å². The molecule has 11 rings (SSSR count). The lowest BCUT2D eigenvalue weighted by Crippen LogP contribution is -2.63. The first-order valence-electron chi connectivity index (χ1n) is 16.0. The zero-order chi connectivity index (χ0) is 30.6. The van der Waals surface area contributed by atoms with Crippen molar-refractivity contribution in [3.63, 3.8) is 0 Å². The highest BCUT2D eigenvalue weighted by Gasteiger charge is 2.48. The molecule has 5 heterocycles. The average Bonchev–Trinajstić information content (AvgIpc) is 3.47. The summed E-state index contributed by atoms with van der Waals surface area (Å²) in [5.41, 5.74) is 14.9. The molecule has 0 spiro atoms. The van der Waals surface area contributed by atoms with Crippen LogP contribution in [0.1, 0.15) is 0 Å². The fourth-order valence-electron chi connectivity index (χ4n) is 8.26. The molecule has 0 atom stereocenters. The number of hydrogen-bond donors (Lipinski definition) is 0. The predicted molar refractivity (Wildman–Crippen MR) is 193 cm³/mol. The second-order valence-electron chi connectivity index (χ2n) is 12.3. The van der Waals surface area contributed by atoms with E-state index >= 15 is 0 Å². The van der Waals surface area contributed by atoms with Crippen LogP contribution < -0.4 is 30.9 Å². The van der Waals surface area contributed by atoms with Crippen molar-refractivity contribution in [3.8, 4) is 17.2 Å². The summed E-state index contributed by atoms with van der Waals surface area (Å²) in [5.74, 6) is 1.83. The lowest BCUT2D eigenvalue weighted by molar-refractivity contribution is 0.487. The smallest absolute Gasteiger partial charge is 0.261 e. The van der Waals surface area contributed by atoms with Crippen LogP contribution in [0.25, 0.3) is 27.6 Å². The van der Waals surface area contributed by atoms with Crippen LogP contribution in [0.2, 0.25) is 0 Å². The molecule has 47 heavy (non-hydrogen) atoms. The standard InChI is InChI=1S/C41H25BN4O/c1-3-12-26(13-4-1)44-28-16-7-17-29(37(28)41-34(44)22-11-25-43-41)46-31-19-8-18-30-38(31)42-39-32(45(30)27-14-5-2-6-15-27)20-9-23-35(39)47-36-24-10-21-33(46)40(36)42/h1-25H. The number of aromatic nitrogens is 2. The Morgan fingerprint density at radius 3 is 1.72 bits per heavy atom. The summed E-state index contributed by atoms with van der Waals surface area (Å²) in [5, 5.41) is 1.12. The zero-order valence-electron chi connectivity index (χ0n) is 25.2. The van der Waals surface area contributed by atoms with E-state index in [-0.39, 0.29) is 6.71 Å². The van der Waals surface area contributed by atoms with Gasteiger partial charge in [-0.1, -0.05) is 60.7 Å². The van der Waals surface area contributed by atoms with Crippen molar-refractivity contribution in [2.24, 2.45) is 0 Å². The molecular formula is C41H25BN4O. The number of fused-ring (bicyclic) bond motifs is 3. The number of nitrogens with zero attached hydrogens (tertiary/aromatic N) is 4. The third-order valence-electron chi connectivity index (χ3n) is 9.99. The number of ether oxygens (including phenoxy) is 1. The Labute approximate surface area is 271 Å². The molecule has 2 aromatic heterocycles. The molecule has 0 aliphatic carbocycles. The third-order valence-corrected chi connectivity index (χ3v) is 9.99. The van der Waals surface area contributed by atoms with E-state index in [1.165, 1.54) is 27.8 Å². The Hall–Kier alpha value is -6.27. The van der Waals surface area contributed by atoms with Gasteiger partial charge in [-0.15, -0.1) is 0 Å². The highest BCUT2D eigenvalue weighted by atomic mass is 16.5. The molecule has 0 saturated heterocycles. The van der Waals surface area contributed by atoms with Crippen molar-refractivity contribution in [2.75, 3.05) is 9.80 Å². The fraction of sp³-hybridized carbons (Fsp3) is 0. The first kappa shape index (κ1) is 25.0. The maximum absolute atomic E-state index is 6.77. The molecular weight excluding hydrogens is 575 g/mol. The van der Waals surface area contributed by atoms with E-state index < -0.39 is 0 Å². The van der Waals surface area contributed by atoms with E-state index in [1.807, 2.05) is 12.3 Å². The minimum atomic E-state index is 0.0477. The van der Waals surface area contributed by atoms with E-state index in [2.05, 4.69) is 154 Å². The first-order valence-corrected chi connectivity index (χ1v) is 16.0. The van der Waals surface area contributed by atoms with Crippen LogP contribution in [-0.4, -0.2) is 16.3 Å². The van der Waals surface area contributed by atoms with Crippen LogP contribution in [0.15, 0.2) is 152 Å². The second-order valence-corrected chi connectivity index (χ2v) is 12.3. The van der Waals surface area contributed by atoms with Crippen molar-refractivity contribution < 1.29 is 4.74 Å². The summed E-state index contributed by atoms with van der Waals surface area (Å²) >= 11 is 0. The van der Waals surface area contributed by atoms with Crippen LogP contribution in [0.4, 0.5) is 34.1 Å². The molecule has 0 unspecified atom stereocenters. The van der Waals surface area contributed by atoms with Gasteiger partial charge in [-0.25, -0.2) is 0 Å². The molecule has 6 aromatic carbocycles. The quantitative estimate of drug-likeness (QED) is 0.191. The maximum atomic E-state index is 6.77. The Bertz CT molecular complexity index is 2580. The molecule has 0 amide bonds. The Kier molecular flexibility index (Phi) is 4.86. The lowest BCUT2D eigenvalue weighted by Gasteiger charge is -2.46.